The third kappa shape index (κ3) is 5.20. The average molecular weight is 410 g/mol. The molecule has 1 aliphatic heterocycles. The summed E-state index contributed by atoms with van der Waals surface area (Å²) >= 11 is 0. The van der Waals surface area contributed by atoms with Gasteiger partial charge in [-0.2, -0.15) is 4.98 Å². The highest BCUT2D eigenvalue weighted by Gasteiger charge is 2.27. The first kappa shape index (κ1) is 20.4. The molecule has 160 valence electrons. The second kappa shape index (κ2) is 8.90. The van der Waals surface area contributed by atoms with Gasteiger partial charge in [-0.1, -0.05) is 12.1 Å². The van der Waals surface area contributed by atoms with Crippen LogP contribution < -0.4 is 19.9 Å². The summed E-state index contributed by atoms with van der Waals surface area (Å²) in [6.45, 7) is 6.28. The normalized spacial score (nSPS) is 19.4. The molecule has 0 unspecified atom stereocenters. The molecule has 2 aromatic rings. The Morgan fingerprint density at radius 3 is 2.73 bits per heavy atom. The lowest BCUT2D eigenvalue weighted by Gasteiger charge is -2.21. The summed E-state index contributed by atoms with van der Waals surface area (Å²) in [5, 5.41) is 2.90. The first-order valence-corrected chi connectivity index (χ1v) is 10.8. The molecule has 7 heteroatoms. The molecule has 0 bridgehead atoms. The van der Waals surface area contributed by atoms with Crippen LogP contribution in [0.5, 0.6) is 5.75 Å². The maximum Gasteiger partial charge on any atom is 0.227 e. The zero-order chi connectivity index (χ0) is 21.1. The van der Waals surface area contributed by atoms with Gasteiger partial charge in [-0.05, 0) is 49.4 Å². The minimum Gasteiger partial charge on any atom is -0.489 e. The Bertz CT molecular complexity index is 868. The second-order valence-electron chi connectivity index (χ2n) is 8.50. The fraction of sp³-hybridized carbons (Fsp3) is 0.522. The largest absolute Gasteiger partial charge is 0.489 e. The van der Waals surface area contributed by atoms with Crippen LogP contribution in [0.3, 0.4) is 0 Å². The highest BCUT2D eigenvalue weighted by molar-refractivity contribution is 5.73. The number of ether oxygens (including phenoxy) is 1. The van der Waals surface area contributed by atoms with Gasteiger partial charge in [0.2, 0.25) is 11.9 Å². The maximum absolute atomic E-state index is 11.2. The van der Waals surface area contributed by atoms with Crippen molar-refractivity contribution in [2.75, 3.05) is 36.5 Å². The minimum absolute atomic E-state index is 0.0106. The molecule has 2 aliphatic rings. The number of nitrogens with one attached hydrogen (secondary N) is 1. The Morgan fingerprint density at radius 1 is 1.27 bits per heavy atom. The molecule has 1 amide bonds. The number of anilines is 2. The molecule has 1 aromatic carbocycles. The van der Waals surface area contributed by atoms with Crippen molar-refractivity contribution < 1.29 is 9.53 Å². The number of rotatable bonds is 8. The Morgan fingerprint density at radius 2 is 2.03 bits per heavy atom. The van der Waals surface area contributed by atoms with Crippen LogP contribution in [0.25, 0.3) is 0 Å². The average Bonchev–Trinajstić information content (AvgIpc) is 3.42. The number of aromatic nitrogens is 2. The summed E-state index contributed by atoms with van der Waals surface area (Å²) in [5.41, 5.74) is 1.06. The molecule has 1 aliphatic carbocycles. The fourth-order valence-corrected chi connectivity index (χ4v) is 3.92. The van der Waals surface area contributed by atoms with E-state index in [4.69, 9.17) is 9.72 Å². The van der Waals surface area contributed by atoms with Crippen LogP contribution in [0.2, 0.25) is 0 Å². The monoisotopic (exact) mass is 409 g/mol. The lowest BCUT2D eigenvalue weighted by molar-refractivity contribution is -0.119. The molecule has 30 heavy (non-hydrogen) atoms. The van der Waals surface area contributed by atoms with E-state index in [9.17, 15) is 4.79 Å². The Kier molecular flexibility index (Phi) is 6.06. The van der Waals surface area contributed by atoms with Crippen molar-refractivity contribution in [2.24, 2.45) is 5.92 Å². The summed E-state index contributed by atoms with van der Waals surface area (Å²) in [6.07, 6.45) is 5.59. The predicted octanol–water partition coefficient (Wildman–Crippen LogP) is 3.18. The van der Waals surface area contributed by atoms with E-state index in [-0.39, 0.29) is 18.1 Å². The Balaban J connectivity index is 1.33. The van der Waals surface area contributed by atoms with Crippen molar-refractivity contribution in [1.82, 2.24) is 15.3 Å². The van der Waals surface area contributed by atoms with Gasteiger partial charge >= 0.3 is 0 Å². The zero-order valence-electron chi connectivity index (χ0n) is 18.0. The highest BCUT2D eigenvalue weighted by Crippen LogP contribution is 2.30. The summed E-state index contributed by atoms with van der Waals surface area (Å²) in [5.74, 6) is 3.40. The molecule has 4 rings (SSSR count). The molecular weight excluding hydrogens is 378 g/mol. The Labute approximate surface area is 178 Å². The van der Waals surface area contributed by atoms with Crippen molar-refractivity contribution in [3.8, 4) is 5.75 Å². The van der Waals surface area contributed by atoms with E-state index in [0.717, 1.165) is 55.1 Å². The molecule has 1 N–H and O–H groups in total. The first-order valence-electron chi connectivity index (χ1n) is 10.8. The van der Waals surface area contributed by atoms with E-state index in [0.29, 0.717) is 0 Å². The number of amides is 1. The number of carbonyl (C=O) groups is 1. The smallest absolute Gasteiger partial charge is 0.227 e. The minimum atomic E-state index is -0.0273. The number of carbonyl (C=O) groups excluding carboxylic acids is 1. The standard InChI is InChI=1S/C23H31N5O2/c1-16(25-17(2)29)19-6-8-20(9-7-19)30-21-11-13-28(15-21)22-10-12-24-23(26-22)27(3)14-18-4-5-18/h6-10,12,16,18,21H,4-5,11,13-15H2,1-3H3,(H,25,29)/t16-,21+/m0/s1. The fourth-order valence-electron chi connectivity index (χ4n) is 3.92. The predicted molar refractivity (Wildman–Crippen MR) is 118 cm³/mol. The van der Waals surface area contributed by atoms with Crippen molar-refractivity contribution in [3.05, 3.63) is 42.1 Å². The van der Waals surface area contributed by atoms with E-state index in [1.54, 1.807) is 0 Å². The summed E-state index contributed by atoms with van der Waals surface area (Å²) < 4.78 is 6.20. The van der Waals surface area contributed by atoms with Crippen molar-refractivity contribution in [1.29, 1.82) is 0 Å². The SMILES string of the molecule is CC(=O)N[C@@H](C)c1ccc(O[C@@H]2CCN(c3ccnc(N(C)CC4CC4)n3)C2)cc1. The molecule has 1 saturated heterocycles. The van der Waals surface area contributed by atoms with Crippen LogP contribution in [0.15, 0.2) is 36.5 Å². The van der Waals surface area contributed by atoms with Gasteiger partial charge in [0.25, 0.3) is 0 Å². The molecule has 2 heterocycles. The molecule has 1 saturated carbocycles. The van der Waals surface area contributed by atoms with Crippen LogP contribution in [-0.4, -0.2) is 48.7 Å². The Hall–Kier alpha value is -2.83. The van der Waals surface area contributed by atoms with Gasteiger partial charge in [0.05, 0.1) is 12.6 Å². The topological polar surface area (TPSA) is 70.6 Å². The summed E-state index contributed by atoms with van der Waals surface area (Å²) in [6, 6.07) is 9.94. The lowest BCUT2D eigenvalue weighted by Crippen LogP contribution is -2.27. The van der Waals surface area contributed by atoms with Crippen LogP contribution in [0, 0.1) is 5.92 Å². The van der Waals surface area contributed by atoms with Crippen molar-refractivity contribution in [3.63, 3.8) is 0 Å². The van der Waals surface area contributed by atoms with E-state index >= 15 is 0 Å². The summed E-state index contributed by atoms with van der Waals surface area (Å²) in [4.78, 5) is 24.9. The molecule has 1 aromatic heterocycles. The van der Waals surface area contributed by atoms with Crippen LogP contribution in [-0.2, 0) is 4.79 Å². The van der Waals surface area contributed by atoms with Gasteiger partial charge in [-0.25, -0.2) is 4.98 Å². The lowest BCUT2D eigenvalue weighted by atomic mass is 10.1. The third-order valence-corrected chi connectivity index (χ3v) is 5.77. The van der Waals surface area contributed by atoms with Gasteiger partial charge in [0, 0.05) is 39.7 Å². The number of benzene rings is 1. The van der Waals surface area contributed by atoms with E-state index < -0.39 is 0 Å². The maximum atomic E-state index is 11.2. The number of hydrogen-bond donors (Lipinski definition) is 1. The third-order valence-electron chi connectivity index (χ3n) is 5.77. The number of hydrogen-bond acceptors (Lipinski definition) is 6. The molecule has 0 radical (unpaired) electrons. The quantitative estimate of drug-likeness (QED) is 0.722. The van der Waals surface area contributed by atoms with Crippen LogP contribution in [0.1, 0.15) is 44.7 Å². The first-order chi connectivity index (χ1) is 14.5. The van der Waals surface area contributed by atoms with Crippen molar-refractivity contribution in [2.45, 2.75) is 45.3 Å². The molecule has 7 nitrogen and oxygen atoms in total. The summed E-state index contributed by atoms with van der Waals surface area (Å²) in [7, 11) is 2.07. The second-order valence-corrected chi connectivity index (χ2v) is 8.50. The van der Waals surface area contributed by atoms with E-state index in [1.807, 2.05) is 43.5 Å². The van der Waals surface area contributed by atoms with Crippen LogP contribution in [0.4, 0.5) is 11.8 Å². The molecule has 2 fully saturated rings. The zero-order valence-corrected chi connectivity index (χ0v) is 18.0. The van der Waals surface area contributed by atoms with Gasteiger partial charge in [-0.15, -0.1) is 0 Å². The van der Waals surface area contributed by atoms with Gasteiger partial charge in [0.15, 0.2) is 0 Å². The van der Waals surface area contributed by atoms with Crippen LogP contribution >= 0.6 is 0 Å². The van der Waals surface area contributed by atoms with Crippen molar-refractivity contribution >= 4 is 17.7 Å². The van der Waals surface area contributed by atoms with E-state index in [2.05, 4.69) is 27.1 Å². The van der Waals surface area contributed by atoms with Gasteiger partial charge in [-0.3, -0.25) is 4.79 Å². The molecular formula is C23H31N5O2. The highest BCUT2D eigenvalue weighted by atomic mass is 16.5. The molecule has 2 atom stereocenters. The number of nitrogens with zero attached hydrogens (tertiary/aromatic N) is 4. The molecule has 0 spiro atoms. The van der Waals surface area contributed by atoms with Gasteiger partial charge < -0.3 is 19.9 Å². The van der Waals surface area contributed by atoms with E-state index in [1.165, 1.54) is 19.8 Å². The van der Waals surface area contributed by atoms with Gasteiger partial charge in [0.1, 0.15) is 17.7 Å².